The molecule has 0 heterocycles. The first-order chi connectivity index (χ1) is 11.7. The minimum Gasteiger partial charge on any atom is -0.372 e. The zero-order valence-electron chi connectivity index (χ0n) is 15.1. The summed E-state index contributed by atoms with van der Waals surface area (Å²) >= 11 is 0. The van der Waals surface area contributed by atoms with Crippen LogP contribution in [-0.2, 0) is 4.79 Å². The van der Waals surface area contributed by atoms with Crippen LogP contribution < -0.4 is 15.5 Å². The van der Waals surface area contributed by atoms with Gasteiger partial charge in [-0.15, -0.1) is 0 Å². The van der Waals surface area contributed by atoms with Crippen molar-refractivity contribution in [3.63, 3.8) is 0 Å². The van der Waals surface area contributed by atoms with E-state index in [4.69, 9.17) is 0 Å². The minimum atomic E-state index is 0.0169. The zero-order chi connectivity index (χ0) is 17.2. The number of nitrogens with zero attached hydrogens (tertiary/aromatic N) is 1. The molecule has 1 aromatic carbocycles. The molecule has 1 aromatic rings. The number of anilines is 2. The van der Waals surface area contributed by atoms with Gasteiger partial charge in [0.2, 0.25) is 5.91 Å². The molecule has 0 bridgehead atoms. The van der Waals surface area contributed by atoms with Crippen LogP contribution in [-0.4, -0.2) is 32.1 Å². The second-order valence-electron chi connectivity index (χ2n) is 6.30. The third-order valence-corrected chi connectivity index (χ3v) is 4.57. The Morgan fingerprint density at radius 1 is 1.12 bits per heavy atom. The van der Waals surface area contributed by atoms with Gasteiger partial charge in [-0.2, -0.15) is 0 Å². The Hall–Kier alpha value is -1.81. The molecule has 0 fully saturated rings. The molecule has 4 nitrogen and oxygen atoms in total. The molecule has 0 radical (unpaired) electrons. The number of allylic oxidation sites excluding steroid dienone is 1. The highest BCUT2D eigenvalue weighted by Gasteiger charge is 2.06. The highest BCUT2D eigenvalue weighted by Crippen LogP contribution is 2.19. The van der Waals surface area contributed by atoms with Gasteiger partial charge in [0.05, 0.1) is 6.54 Å². The van der Waals surface area contributed by atoms with Crippen LogP contribution in [0.25, 0.3) is 0 Å². The van der Waals surface area contributed by atoms with E-state index in [1.165, 1.54) is 31.4 Å². The van der Waals surface area contributed by atoms with Crippen LogP contribution in [0.4, 0.5) is 11.4 Å². The second kappa shape index (κ2) is 10.1. The van der Waals surface area contributed by atoms with Crippen molar-refractivity contribution in [2.24, 2.45) is 0 Å². The molecule has 4 heteroatoms. The number of nitrogens with one attached hydrogen (secondary N) is 2. The zero-order valence-corrected chi connectivity index (χ0v) is 15.1. The highest BCUT2D eigenvalue weighted by atomic mass is 16.1. The fraction of sp³-hybridized carbons (Fsp3) is 0.550. The summed E-state index contributed by atoms with van der Waals surface area (Å²) in [4.78, 5) is 14.3. The monoisotopic (exact) mass is 329 g/mol. The molecule has 0 atom stereocenters. The molecule has 132 valence electrons. The van der Waals surface area contributed by atoms with Crippen molar-refractivity contribution in [1.82, 2.24) is 5.32 Å². The Morgan fingerprint density at radius 3 is 2.50 bits per heavy atom. The first kappa shape index (κ1) is 18.5. The molecule has 0 saturated carbocycles. The predicted molar refractivity (Wildman–Crippen MR) is 103 cm³/mol. The summed E-state index contributed by atoms with van der Waals surface area (Å²) in [7, 11) is 0. The van der Waals surface area contributed by atoms with Crippen LogP contribution >= 0.6 is 0 Å². The molecule has 0 saturated heterocycles. The Bertz CT molecular complexity index is 532. The van der Waals surface area contributed by atoms with E-state index in [1.54, 1.807) is 5.57 Å². The third kappa shape index (κ3) is 6.00. The van der Waals surface area contributed by atoms with Gasteiger partial charge >= 0.3 is 0 Å². The summed E-state index contributed by atoms with van der Waals surface area (Å²) in [6, 6.07) is 8.06. The Morgan fingerprint density at radius 2 is 1.88 bits per heavy atom. The smallest absolute Gasteiger partial charge is 0.238 e. The van der Waals surface area contributed by atoms with Crippen molar-refractivity contribution in [2.45, 2.75) is 46.0 Å². The van der Waals surface area contributed by atoms with Crippen molar-refractivity contribution in [2.75, 3.05) is 36.4 Å². The molecule has 0 aliphatic heterocycles. The number of amides is 1. The average Bonchev–Trinajstić information content (AvgIpc) is 2.62. The van der Waals surface area contributed by atoms with Crippen molar-refractivity contribution in [3.05, 3.63) is 35.9 Å². The third-order valence-electron chi connectivity index (χ3n) is 4.57. The van der Waals surface area contributed by atoms with E-state index >= 15 is 0 Å². The van der Waals surface area contributed by atoms with Crippen LogP contribution in [0.2, 0.25) is 0 Å². The van der Waals surface area contributed by atoms with Crippen molar-refractivity contribution in [3.8, 4) is 0 Å². The number of hydrogen-bond donors (Lipinski definition) is 2. The molecule has 0 spiro atoms. The van der Waals surface area contributed by atoms with Gasteiger partial charge in [-0.3, -0.25) is 4.79 Å². The molecular weight excluding hydrogens is 298 g/mol. The number of carbonyl (C=O) groups is 1. The summed E-state index contributed by atoms with van der Waals surface area (Å²) < 4.78 is 0. The topological polar surface area (TPSA) is 44.4 Å². The van der Waals surface area contributed by atoms with E-state index in [2.05, 4.69) is 47.6 Å². The SMILES string of the molecule is CCN(CC)c1ccc(NC(=O)CNCCC2=CCCCC2)cc1. The van der Waals surface area contributed by atoms with Crippen LogP contribution in [0, 0.1) is 0 Å². The Labute approximate surface area is 146 Å². The van der Waals surface area contributed by atoms with E-state index in [9.17, 15) is 4.79 Å². The first-order valence-electron chi connectivity index (χ1n) is 9.26. The number of carbonyl (C=O) groups excluding carboxylic acids is 1. The maximum atomic E-state index is 12.0. The summed E-state index contributed by atoms with van der Waals surface area (Å²) in [6.07, 6.45) is 8.52. The maximum Gasteiger partial charge on any atom is 0.238 e. The largest absolute Gasteiger partial charge is 0.372 e. The lowest BCUT2D eigenvalue weighted by Crippen LogP contribution is -2.29. The lowest BCUT2D eigenvalue weighted by Gasteiger charge is -2.21. The second-order valence-corrected chi connectivity index (χ2v) is 6.30. The van der Waals surface area contributed by atoms with Gasteiger partial charge in [-0.1, -0.05) is 11.6 Å². The van der Waals surface area contributed by atoms with Gasteiger partial charge in [0, 0.05) is 24.5 Å². The Kier molecular flexibility index (Phi) is 7.83. The Balaban J connectivity index is 1.69. The highest BCUT2D eigenvalue weighted by molar-refractivity contribution is 5.92. The summed E-state index contributed by atoms with van der Waals surface area (Å²) in [5, 5.41) is 6.19. The van der Waals surface area contributed by atoms with Gasteiger partial charge in [-0.05, 0) is 76.8 Å². The maximum absolute atomic E-state index is 12.0. The predicted octanol–water partition coefficient (Wildman–Crippen LogP) is 3.95. The van der Waals surface area contributed by atoms with Gasteiger partial charge in [0.25, 0.3) is 0 Å². The standard InChI is InChI=1S/C20H31N3O/c1-3-23(4-2)19-12-10-18(11-13-19)22-20(24)16-21-15-14-17-8-6-5-7-9-17/h8,10-13,21H,3-7,9,14-16H2,1-2H3,(H,22,24). The molecule has 0 aromatic heterocycles. The molecule has 2 rings (SSSR count). The van der Waals surface area contributed by atoms with Crippen LogP contribution in [0.1, 0.15) is 46.0 Å². The fourth-order valence-electron chi connectivity index (χ4n) is 3.13. The average molecular weight is 329 g/mol. The van der Waals surface area contributed by atoms with Crippen LogP contribution in [0.15, 0.2) is 35.9 Å². The normalized spacial score (nSPS) is 14.2. The lowest BCUT2D eigenvalue weighted by atomic mass is 9.97. The van der Waals surface area contributed by atoms with Gasteiger partial charge in [0.1, 0.15) is 0 Å². The number of rotatable bonds is 9. The molecule has 1 amide bonds. The van der Waals surface area contributed by atoms with Gasteiger partial charge < -0.3 is 15.5 Å². The van der Waals surface area contributed by atoms with Gasteiger partial charge in [0.15, 0.2) is 0 Å². The lowest BCUT2D eigenvalue weighted by molar-refractivity contribution is -0.115. The summed E-state index contributed by atoms with van der Waals surface area (Å²) in [5.41, 5.74) is 3.59. The van der Waals surface area contributed by atoms with Gasteiger partial charge in [-0.25, -0.2) is 0 Å². The molecular formula is C20H31N3O. The quantitative estimate of drug-likeness (QED) is 0.532. The van der Waals surface area contributed by atoms with Crippen molar-refractivity contribution >= 4 is 17.3 Å². The summed E-state index contributed by atoms with van der Waals surface area (Å²) in [5.74, 6) is 0.0169. The number of hydrogen-bond acceptors (Lipinski definition) is 3. The van der Waals surface area contributed by atoms with Crippen LogP contribution in [0.3, 0.4) is 0 Å². The molecule has 1 aliphatic rings. The summed E-state index contributed by atoms with van der Waals surface area (Å²) in [6.45, 7) is 7.51. The van der Waals surface area contributed by atoms with Crippen molar-refractivity contribution < 1.29 is 4.79 Å². The van der Waals surface area contributed by atoms with E-state index in [1.807, 2.05) is 12.1 Å². The minimum absolute atomic E-state index is 0.0169. The molecule has 1 aliphatic carbocycles. The van der Waals surface area contributed by atoms with E-state index in [0.717, 1.165) is 31.7 Å². The fourth-order valence-corrected chi connectivity index (χ4v) is 3.13. The molecule has 0 unspecified atom stereocenters. The number of benzene rings is 1. The molecule has 2 N–H and O–H groups in total. The van der Waals surface area contributed by atoms with E-state index in [0.29, 0.717) is 6.54 Å². The van der Waals surface area contributed by atoms with Crippen LogP contribution in [0.5, 0.6) is 0 Å². The van der Waals surface area contributed by atoms with E-state index in [-0.39, 0.29) is 5.91 Å². The first-order valence-corrected chi connectivity index (χ1v) is 9.26. The molecule has 24 heavy (non-hydrogen) atoms. The van der Waals surface area contributed by atoms with E-state index < -0.39 is 0 Å². The van der Waals surface area contributed by atoms with Crippen molar-refractivity contribution in [1.29, 1.82) is 0 Å².